The molecule has 0 spiro atoms. The summed E-state index contributed by atoms with van der Waals surface area (Å²) in [4.78, 5) is 4.24. The summed E-state index contributed by atoms with van der Waals surface area (Å²) >= 11 is 1.62. The molecule has 1 atom stereocenters. The minimum absolute atomic E-state index is 0.162. The standard InChI is InChI=1S/C12H14N2S/c13-11(7-12-8-15-9-14-12)6-10-4-2-1-3-5-10/h1-5,8-9,11H,6-7,13H2/t11-/m0/s1. The van der Waals surface area contributed by atoms with Crippen molar-refractivity contribution in [3.8, 4) is 0 Å². The molecule has 0 radical (unpaired) electrons. The van der Waals surface area contributed by atoms with Crippen LogP contribution in [0.15, 0.2) is 41.2 Å². The summed E-state index contributed by atoms with van der Waals surface area (Å²) in [6.45, 7) is 0. The predicted molar refractivity (Wildman–Crippen MR) is 63.9 cm³/mol. The lowest BCUT2D eigenvalue weighted by Gasteiger charge is -2.09. The Labute approximate surface area is 93.8 Å². The van der Waals surface area contributed by atoms with Crippen molar-refractivity contribution in [2.24, 2.45) is 5.73 Å². The van der Waals surface area contributed by atoms with Gasteiger partial charge in [-0.15, -0.1) is 11.3 Å². The van der Waals surface area contributed by atoms with E-state index in [-0.39, 0.29) is 6.04 Å². The second-order valence-corrected chi connectivity index (χ2v) is 4.35. The van der Waals surface area contributed by atoms with Crippen LogP contribution in [0.3, 0.4) is 0 Å². The zero-order valence-corrected chi connectivity index (χ0v) is 9.28. The van der Waals surface area contributed by atoms with E-state index in [4.69, 9.17) is 5.73 Å². The highest BCUT2D eigenvalue weighted by Gasteiger charge is 2.06. The fourth-order valence-electron chi connectivity index (χ4n) is 1.60. The number of thiazole rings is 1. The van der Waals surface area contributed by atoms with E-state index in [9.17, 15) is 0 Å². The first-order valence-electron chi connectivity index (χ1n) is 5.01. The number of benzene rings is 1. The highest BCUT2D eigenvalue weighted by molar-refractivity contribution is 7.07. The van der Waals surface area contributed by atoms with Crippen LogP contribution in [0.25, 0.3) is 0 Å². The quantitative estimate of drug-likeness (QED) is 0.855. The van der Waals surface area contributed by atoms with Crippen molar-refractivity contribution in [2.45, 2.75) is 18.9 Å². The minimum Gasteiger partial charge on any atom is -0.327 e. The van der Waals surface area contributed by atoms with Crippen LogP contribution in [0, 0.1) is 0 Å². The van der Waals surface area contributed by atoms with Gasteiger partial charge in [-0.1, -0.05) is 30.3 Å². The number of rotatable bonds is 4. The Morgan fingerprint density at radius 3 is 2.67 bits per heavy atom. The molecule has 0 aliphatic heterocycles. The molecule has 15 heavy (non-hydrogen) atoms. The van der Waals surface area contributed by atoms with Gasteiger partial charge in [0.1, 0.15) is 0 Å². The molecule has 0 amide bonds. The third-order valence-electron chi connectivity index (χ3n) is 2.30. The molecule has 0 fully saturated rings. The highest BCUT2D eigenvalue weighted by Crippen LogP contribution is 2.07. The van der Waals surface area contributed by atoms with Gasteiger partial charge in [-0.05, 0) is 12.0 Å². The third-order valence-corrected chi connectivity index (χ3v) is 2.93. The van der Waals surface area contributed by atoms with Gasteiger partial charge in [-0.2, -0.15) is 0 Å². The zero-order valence-electron chi connectivity index (χ0n) is 8.47. The summed E-state index contributed by atoms with van der Waals surface area (Å²) in [5.41, 5.74) is 10.3. The van der Waals surface area contributed by atoms with Gasteiger partial charge < -0.3 is 5.73 Å². The Balaban J connectivity index is 1.90. The Bertz CT molecular complexity index is 383. The Morgan fingerprint density at radius 2 is 2.00 bits per heavy atom. The molecule has 2 rings (SSSR count). The molecule has 0 aliphatic carbocycles. The number of nitrogens with two attached hydrogens (primary N) is 1. The SMILES string of the molecule is N[C@@H](Cc1ccccc1)Cc1cscn1. The van der Waals surface area contributed by atoms with Gasteiger partial charge in [0.15, 0.2) is 0 Å². The van der Waals surface area contributed by atoms with Crippen molar-refractivity contribution in [3.63, 3.8) is 0 Å². The zero-order chi connectivity index (χ0) is 10.5. The van der Waals surface area contributed by atoms with Crippen molar-refractivity contribution in [1.29, 1.82) is 0 Å². The number of aromatic nitrogens is 1. The molecule has 1 aromatic heterocycles. The van der Waals surface area contributed by atoms with E-state index in [2.05, 4.69) is 22.5 Å². The van der Waals surface area contributed by atoms with Crippen LogP contribution in [0.5, 0.6) is 0 Å². The molecule has 1 heterocycles. The molecule has 0 saturated heterocycles. The van der Waals surface area contributed by atoms with Gasteiger partial charge in [0.05, 0.1) is 11.2 Å². The second kappa shape index (κ2) is 5.05. The Kier molecular flexibility index (Phi) is 3.48. The molecule has 3 heteroatoms. The first-order chi connectivity index (χ1) is 7.34. The maximum atomic E-state index is 6.06. The molecule has 0 aliphatic rings. The van der Waals surface area contributed by atoms with Crippen LogP contribution >= 0.6 is 11.3 Å². The fourth-order valence-corrected chi connectivity index (χ4v) is 2.17. The largest absolute Gasteiger partial charge is 0.327 e. The molecule has 78 valence electrons. The highest BCUT2D eigenvalue weighted by atomic mass is 32.1. The lowest BCUT2D eigenvalue weighted by atomic mass is 10.0. The molecule has 0 unspecified atom stereocenters. The smallest absolute Gasteiger partial charge is 0.0794 e. The fraction of sp³-hybridized carbons (Fsp3) is 0.250. The molecule has 2 aromatic rings. The minimum atomic E-state index is 0.162. The lowest BCUT2D eigenvalue weighted by molar-refractivity contribution is 0.656. The van der Waals surface area contributed by atoms with Crippen LogP contribution in [0.1, 0.15) is 11.3 Å². The van der Waals surface area contributed by atoms with E-state index in [1.807, 2.05) is 23.7 Å². The molecule has 1 aromatic carbocycles. The third kappa shape index (κ3) is 3.15. The van der Waals surface area contributed by atoms with Crippen LogP contribution in [-0.2, 0) is 12.8 Å². The van der Waals surface area contributed by atoms with Crippen molar-refractivity contribution < 1.29 is 0 Å². The van der Waals surface area contributed by atoms with Gasteiger partial charge in [0.25, 0.3) is 0 Å². The summed E-state index contributed by atoms with van der Waals surface area (Å²) in [5.74, 6) is 0. The van der Waals surface area contributed by atoms with E-state index < -0.39 is 0 Å². The number of nitrogens with zero attached hydrogens (tertiary/aromatic N) is 1. The summed E-state index contributed by atoms with van der Waals surface area (Å²) < 4.78 is 0. The molecular formula is C12H14N2S. The van der Waals surface area contributed by atoms with Crippen LogP contribution < -0.4 is 5.73 Å². The average molecular weight is 218 g/mol. The molecule has 2 nitrogen and oxygen atoms in total. The molecular weight excluding hydrogens is 204 g/mol. The van der Waals surface area contributed by atoms with Crippen molar-refractivity contribution in [2.75, 3.05) is 0 Å². The van der Waals surface area contributed by atoms with Crippen molar-refractivity contribution in [1.82, 2.24) is 4.98 Å². The van der Waals surface area contributed by atoms with Crippen LogP contribution in [-0.4, -0.2) is 11.0 Å². The van der Waals surface area contributed by atoms with Gasteiger partial charge in [-0.25, -0.2) is 4.98 Å². The monoisotopic (exact) mass is 218 g/mol. The summed E-state index contributed by atoms with van der Waals surface area (Å²) in [6, 6.07) is 10.5. The summed E-state index contributed by atoms with van der Waals surface area (Å²) in [5, 5.41) is 2.06. The molecule has 2 N–H and O–H groups in total. The number of hydrogen-bond donors (Lipinski definition) is 1. The Morgan fingerprint density at radius 1 is 1.20 bits per heavy atom. The maximum absolute atomic E-state index is 6.06. The molecule has 0 saturated carbocycles. The van der Waals surface area contributed by atoms with E-state index >= 15 is 0 Å². The van der Waals surface area contributed by atoms with Crippen LogP contribution in [0.4, 0.5) is 0 Å². The summed E-state index contributed by atoms with van der Waals surface area (Å²) in [7, 11) is 0. The van der Waals surface area contributed by atoms with Gasteiger partial charge in [0, 0.05) is 17.8 Å². The molecule has 0 bridgehead atoms. The van der Waals surface area contributed by atoms with Crippen molar-refractivity contribution in [3.05, 3.63) is 52.5 Å². The first kappa shape index (κ1) is 10.3. The maximum Gasteiger partial charge on any atom is 0.0794 e. The first-order valence-corrected chi connectivity index (χ1v) is 5.95. The van der Waals surface area contributed by atoms with E-state index in [0.29, 0.717) is 0 Å². The normalized spacial score (nSPS) is 12.6. The average Bonchev–Trinajstić information content (AvgIpc) is 2.71. The second-order valence-electron chi connectivity index (χ2n) is 3.63. The topological polar surface area (TPSA) is 38.9 Å². The van der Waals surface area contributed by atoms with Gasteiger partial charge in [0.2, 0.25) is 0 Å². The van der Waals surface area contributed by atoms with E-state index in [0.717, 1.165) is 18.5 Å². The van der Waals surface area contributed by atoms with E-state index in [1.54, 1.807) is 11.3 Å². The van der Waals surface area contributed by atoms with Crippen LogP contribution in [0.2, 0.25) is 0 Å². The van der Waals surface area contributed by atoms with Gasteiger partial charge >= 0.3 is 0 Å². The van der Waals surface area contributed by atoms with Gasteiger partial charge in [-0.3, -0.25) is 0 Å². The lowest BCUT2D eigenvalue weighted by Crippen LogP contribution is -2.25. The van der Waals surface area contributed by atoms with E-state index in [1.165, 1.54) is 5.56 Å². The van der Waals surface area contributed by atoms with Crippen molar-refractivity contribution >= 4 is 11.3 Å². The predicted octanol–water partition coefficient (Wildman–Crippen LogP) is 2.26. The summed E-state index contributed by atoms with van der Waals surface area (Å²) in [6.07, 6.45) is 1.77. The number of hydrogen-bond acceptors (Lipinski definition) is 3. The Hall–Kier alpha value is -1.19.